The molecule has 4 aromatic rings. The molecule has 0 amide bonds. The van der Waals surface area contributed by atoms with Crippen molar-refractivity contribution in [3.63, 3.8) is 0 Å². The lowest BCUT2D eigenvalue weighted by atomic mass is 10.0. The molecule has 4 nitrogen and oxygen atoms in total. The van der Waals surface area contributed by atoms with Gasteiger partial charge >= 0.3 is 0 Å². The molecule has 32 heavy (non-hydrogen) atoms. The summed E-state index contributed by atoms with van der Waals surface area (Å²) >= 11 is 1.88. The van der Waals surface area contributed by atoms with Crippen molar-refractivity contribution < 1.29 is 9.47 Å². The van der Waals surface area contributed by atoms with Gasteiger partial charge in [0.05, 0.1) is 13.2 Å². The minimum absolute atomic E-state index is 0.201. The normalized spacial score (nSPS) is 15.5. The first-order valence-electron chi connectivity index (χ1n) is 11.1. The third-order valence-electron chi connectivity index (χ3n) is 5.97. The van der Waals surface area contributed by atoms with Crippen LogP contribution in [0, 0.1) is 0 Å². The summed E-state index contributed by atoms with van der Waals surface area (Å²) in [6, 6.07) is 27.8. The van der Waals surface area contributed by atoms with Gasteiger partial charge in [-0.15, -0.1) is 11.3 Å². The van der Waals surface area contributed by atoms with Crippen LogP contribution in [-0.4, -0.2) is 38.2 Å². The van der Waals surface area contributed by atoms with E-state index in [4.69, 9.17) is 9.47 Å². The lowest BCUT2D eigenvalue weighted by Crippen LogP contribution is -2.45. The van der Waals surface area contributed by atoms with E-state index in [0.717, 1.165) is 43.2 Å². The topological polar surface area (TPSA) is 33.7 Å². The number of nitrogens with zero attached hydrogens (tertiary/aromatic N) is 1. The lowest BCUT2D eigenvalue weighted by molar-refractivity contribution is 0.200. The SMILES string of the molecule is COc1cc(C(c2cc3ccccc3s2)N2CCNCC2)ccc1OCc1ccccc1. The summed E-state index contributed by atoms with van der Waals surface area (Å²) in [6.07, 6.45) is 0. The minimum atomic E-state index is 0.201. The number of piperazine rings is 1. The fourth-order valence-electron chi connectivity index (χ4n) is 4.34. The molecule has 5 rings (SSSR count). The van der Waals surface area contributed by atoms with E-state index in [1.54, 1.807) is 7.11 Å². The van der Waals surface area contributed by atoms with E-state index < -0.39 is 0 Å². The highest BCUT2D eigenvalue weighted by atomic mass is 32.1. The van der Waals surface area contributed by atoms with E-state index in [2.05, 4.69) is 70.9 Å². The molecule has 1 unspecified atom stereocenters. The van der Waals surface area contributed by atoms with Crippen LogP contribution in [0.25, 0.3) is 10.1 Å². The highest BCUT2D eigenvalue weighted by Crippen LogP contribution is 2.40. The summed E-state index contributed by atoms with van der Waals surface area (Å²) < 4.78 is 13.2. The molecule has 1 fully saturated rings. The molecule has 5 heteroatoms. The molecule has 1 aromatic heterocycles. The van der Waals surface area contributed by atoms with Gasteiger partial charge in [-0.1, -0.05) is 54.6 Å². The zero-order valence-corrected chi connectivity index (χ0v) is 19.1. The Morgan fingerprint density at radius 3 is 2.47 bits per heavy atom. The number of hydrogen-bond donors (Lipinski definition) is 1. The number of hydrogen-bond acceptors (Lipinski definition) is 5. The van der Waals surface area contributed by atoms with Gasteiger partial charge in [0, 0.05) is 35.8 Å². The zero-order valence-electron chi connectivity index (χ0n) is 18.3. The van der Waals surface area contributed by atoms with Gasteiger partial charge in [-0.3, -0.25) is 4.90 Å². The van der Waals surface area contributed by atoms with Crippen LogP contribution < -0.4 is 14.8 Å². The minimum Gasteiger partial charge on any atom is -0.493 e. The summed E-state index contributed by atoms with van der Waals surface area (Å²) in [7, 11) is 1.72. The van der Waals surface area contributed by atoms with Gasteiger partial charge in [0.2, 0.25) is 0 Å². The predicted octanol–water partition coefficient (Wildman–Crippen LogP) is 5.48. The number of thiophene rings is 1. The maximum Gasteiger partial charge on any atom is 0.161 e. The van der Waals surface area contributed by atoms with E-state index in [0.29, 0.717) is 6.61 Å². The van der Waals surface area contributed by atoms with Crippen LogP contribution in [0.2, 0.25) is 0 Å². The molecule has 1 N–H and O–H groups in total. The number of ether oxygens (including phenoxy) is 2. The summed E-state index contributed by atoms with van der Waals surface area (Å²) in [5.41, 5.74) is 2.38. The van der Waals surface area contributed by atoms with Gasteiger partial charge in [0.15, 0.2) is 11.5 Å². The van der Waals surface area contributed by atoms with Crippen molar-refractivity contribution in [3.8, 4) is 11.5 Å². The Kier molecular flexibility index (Phi) is 6.39. The molecule has 3 aromatic carbocycles. The van der Waals surface area contributed by atoms with Crippen LogP contribution >= 0.6 is 11.3 Å². The Labute approximate surface area is 193 Å². The Bertz CT molecular complexity index is 1140. The molecule has 2 heterocycles. The van der Waals surface area contributed by atoms with Crippen LogP contribution in [0.3, 0.4) is 0 Å². The molecular formula is C27H28N2O2S. The van der Waals surface area contributed by atoms with Crippen molar-refractivity contribution in [1.82, 2.24) is 10.2 Å². The number of rotatable bonds is 7. The van der Waals surface area contributed by atoms with Gasteiger partial charge in [-0.2, -0.15) is 0 Å². The molecule has 0 spiro atoms. The van der Waals surface area contributed by atoms with Gasteiger partial charge in [0.25, 0.3) is 0 Å². The quantitative estimate of drug-likeness (QED) is 0.409. The average molecular weight is 445 g/mol. The van der Waals surface area contributed by atoms with Gasteiger partial charge < -0.3 is 14.8 Å². The number of fused-ring (bicyclic) bond motifs is 1. The lowest BCUT2D eigenvalue weighted by Gasteiger charge is -2.35. The van der Waals surface area contributed by atoms with E-state index in [9.17, 15) is 0 Å². The van der Waals surface area contributed by atoms with Crippen LogP contribution in [-0.2, 0) is 6.61 Å². The third-order valence-corrected chi connectivity index (χ3v) is 7.14. The highest BCUT2D eigenvalue weighted by molar-refractivity contribution is 7.19. The van der Waals surface area contributed by atoms with Crippen molar-refractivity contribution in [2.45, 2.75) is 12.6 Å². The average Bonchev–Trinajstić information content (AvgIpc) is 3.28. The molecule has 1 saturated heterocycles. The first-order chi connectivity index (χ1) is 15.8. The Morgan fingerprint density at radius 2 is 1.69 bits per heavy atom. The van der Waals surface area contributed by atoms with E-state index in [1.165, 1.54) is 20.5 Å². The van der Waals surface area contributed by atoms with Gasteiger partial charge in [-0.25, -0.2) is 0 Å². The second kappa shape index (κ2) is 9.74. The smallest absolute Gasteiger partial charge is 0.161 e. The first kappa shape index (κ1) is 21.0. The molecule has 164 valence electrons. The third kappa shape index (κ3) is 4.51. The second-order valence-electron chi connectivity index (χ2n) is 8.06. The van der Waals surface area contributed by atoms with E-state index in [-0.39, 0.29) is 6.04 Å². The zero-order chi connectivity index (χ0) is 21.8. The van der Waals surface area contributed by atoms with Gasteiger partial charge in [0.1, 0.15) is 6.61 Å². The summed E-state index contributed by atoms with van der Waals surface area (Å²) in [4.78, 5) is 3.94. The predicted molar refractivity (Wildman–Crippen MR) is 132 cm³/mol. The highest BCUT2D eigenvalue weighted by Gasteiger charge is 2.26. The summed E-state index contributed by atoms with van der Waals surface area (Å²) in [5, 5.41) is 4.79. The molecule has 1 atom stereocenters. The fourth-order valence-corrected chi connectivity index (χ4v) is 5.57. The largest absolute Gasteiger partial charge is 0.493 e. The van der Waals surface area contributed by atoms with Gasteiger partial charge in [-0.05, 0) is 40.8 Å². The summed E-state index contributed by atoms with van der Waals surface area (Å²) in [6.45, 7) is 4.59. The van der Waals surface area contributed by atoms with Crippen molar-refractivity contribution in [2.75, 3.05) is 33.3 Å². The molecule has 0 saturated carbocycles. The van der Waals surface area contributed by atoms with Crippen molar-refractivity contribution >= 4 is 21.4 Å². The van der Waals surface area contributed by atoms with Crippen molar-refractivity contribution in [2.24, 2.45) is 0 Å². The van der Waals surface area contributed by atoms with E-state index >= 15 is 0 Å². The van der Waals surface area contributed by atoms with Crippen LogP contribution in [0.5, 0.6) is 11.5 Å². The Balaban J connectivity index is 1.47. The maximum atomic E-state index is 6.10. The molecule has 0 radical (unpaired) electrons. The molecular weight excluding hydrogens is 416 g/mol. The molecule has 1 aliphatic rings. The molecule has 0 bridgehead atoms. The van der Waals surface area contributed by atoms with Crippen LogP contribution in [0.15, 0.2) is 78.9 Å². The first-order valence-corrected chi connectivity index (χ1v) is 11.9. The maximum absolute atomic E-state index is 6.10. The van der Waals surface area contributed by atoms with Crippen molar-refractivity contribution in [1.29, 1.82) is 0 Å². The molecule has 1 aliphatic heterocycles. The number of benzene rings is 3. The molecule has 0 aliphatic carbocycles. The van der Waals surface area contributed by atoms with Crippen LogP contribution in [0.4, 0.5) is 0 Å². The Morgan fingerprint density at radius 1 is 0.906 bits per heavy atom. The summed E-state index contributed by atoms with van der Waals surface area (Å²) in [5.74, 6) is 1.55. The standard InChI is InChI=1S/C27H28N2O2S/c1-30-24-17-22(11-12-23(24)31-19-20-7-3-2-4-8-20)27(29-15-13-28-14-16-29)26-18-21-9-5-6-10-25(21)32-26/h2-12,17-18,27-28H,13-16,19H2,1H3. The second-order valence-corrected chi connectivity index (χ2v) is 9.18. The van der Waals surface area contributed by atoms with Crippen LogP contribution in [0.1, 0.15) is 22.0 Å². The number of methoxy groups -OCH3 is 1. The van der Waals surface area contributed by atoms with Crippen molar-refractivity contribution in [3.05, 3.63) is 94.9 Å². The monoisotopic (exact) mass is 444 g/mol. The fraction of sp³-hybridized carbons (Fsp3) is 0.259. The Hall–Kier alpha value is -2.86. The number of nitrogens with one attached hydrogen (secondary N) is 1. The van der Waals surface area contributed by atoms with E-state index in [1.807, 2.05) is 29.5 Å².